The van der Waals surface area contributed by atoms with Gasteiger partial charge in [-0.2, -0.15) is 0 Å². The number of allylic oxidation sites excluding steroid dienone is 2. The van der Waals surface area contributed by atoms with Gasteiger partial charge in [-0.25, -0.2) is 14.4 Å². The fourth-order valence-electron chi connectivity index (χ4n) is 3.41. The number of hydrogen-bond acceptors (Lipinski definition) is 8. The Balaban J connectivity index is 2.25. The van der Waals surface area contributed by atoms with Crippen molar-refractivity contribution in [3.63, 3.8) is 0 Å². The van der Waals surface area contributed by atoms with Crippen LogP contribution in [0.15, 0.2) is 84.5 Å². The lowest BCUT2D eigenvalue weighted by atomic mass is 10.1. The van der Waals surface area contributed by atoms with Crippen LogP contribution in [-0.4, -0.2) is 50.9 Å². The Bertz CT molecular complexity index is 1060. The highest BCUT2D eigenvalue weighted by Gasteiger charge is 2.30. The van der Waals surface area contributed by atoms with E-state index in [1.54, 1.807) is 75.4 Å². The number of esters is 3. The highest BCUT2D eigenvalue weighted by atomic mass is 16.6. The number of carbonyl (C=O) groups excluding carboxylic acids is 3. The van der Waals surface area contributed by atoms with Crippen molar-refractivity contribution >= 4 is 17.9 Å². The maximum Gasteiger partial charge on any atom is 0.340 e. The van der Waals surface area contributed by atoms with Gasteiger partial charge in [0.15, 0.2) is 18.3 Å². The Labute approximate surface area is 217 Å². The third-order valence-electron chi connectivity index (χ3n) is 5.37. The first-order valence-corrected chi connectivity index (χ1v) is 11.9. The Hall–Kier alpha value is -3.75. The number of rotatable bonds is 13. The van der Waals surface area contributed by atoms with Gasteiger partial charge in [0, 0.05) is 19.8 Å². The van der Waals surface area contributed by atoms with Crippen LogP contribution in [0.1, 0.15) is 44.1 Å². The van der Waals surface area contributed by atoms with E-state index in [0.717, 1.165) is 0 Å². The highest BCUT2D eigenvalue weighted by Crippen LogP contribution is 2.23. The minimum atomic E-state index is -0.989. The van der Waals surface area contributed by atoms with Gasteiger partial charge in [0.2, 0.25) is 0 Å². The second kappa shape index (κ2) is 15.4. The average Bonchev–Trinajstić information content (AvgIpc) is 2.90. The molecule has 4 atom stereocenters. The molecule has 0 radical (unpaired) electrons. The quantitative estimate of drug-likeness (QED) is 0.166. The molecule has 2 aromatic rings. The van der Waals surface area contributed by atoms with E-state index in [9.17, 15) is 14.4 Å². The zero-order valence-electron chi connectivity index (χ0n) is 21.8. The number of carbonyl (C=O) groups is 3. The number of hydrogen-bond donors (Lipinski definition) is 0. The minimum absolute atomic E-state index is 0.251. The van der Waals surface area contributed by atoms with Crippen molar-refractivity contribution in [2.45, 2.75) is 45.2 Å². The van der Waals surface area contributed by atoms with Crippen molar-refractivity contribution in [1.29, 1.82) is 0 Å². The normalized spacial score (nSPS) is 14.9. The molecule has 0 heterocycles. The predicted molar refractivity (Wildman–Crippen MR) is 137 cm³/mol. The molecule has 0 aromatic heterocycles. The van der Waals surface area contributed by atoms with E-state index < -0.39 is 42.3 Å². The first-order valence-electron chi connectivity index (χ1n) is 11.9. The van der Waals surface area contributed by atoms with E-state index >= 15 is 0 Å². The van der Waals surface area contributed by atoms with Crippen LogP contribution in [0.2, 0.25) is 0 Å². The molecule has 2 aromatic carbocycles. The summed E-state index contributed by atoms with van der Waals surface area (Å²) >= 11 is 0. The van der Waals surface area contributed by atoms with Crippen LogP contribution in [0.4, 0.5) is 0 Å². The van der Waals surface area contributed by atoms with Crippen LogP contribution in [0.25, 0.3) is 0 Å². The summed E-state index contributed by atoms with van der Waals surface area (Å²) in [5.74, 6) is -1.77. The van der Waals surface area contributed by atoms with E-state index in [0.29, 0.717) is 16.7 Å². The second-order valence-electron chi connectivity index (χ2n) is 8.05. The second-order valence-corrected chi connectivity index (χ2v) is 8.05. The Morgan fingerprint density at radius 2 is 1.30 bits per heavy atom. The molecule has 0 unspecified atom stereocenters. The first kappa shape index (κ1) is 29.5. The molecule has 2 rings (SSSR count). The summed E-state index contributed by atoms with van der Waals surface area (Å²) in [5.41, 5.74) is 1.60. The molecule has 8 nitrogen and oxygen atoms in total. The lowest BCUT2D eigenvalue weighted by Gasteiger charge is -2.25. The largest absolute Gasteiger partial charge is 0.463 e. The lowest BCUT2D eigenvalue weighted by molar-refractivity contribution is -0.175. The topological polar surface area (TPSA) is 97.4 Å². The lowest BCUT2D eigenvalue weighted by Crippen LogP contribution is -2.35. The molecule has 0 spiro atoms. The molecule has 37 heavy (non-hydrogen) atoms. The van der Waals surface area contributed by atoms with Gasteiger partial charge in [-0.05, 0) is 38.0 Å². The average molecular weight is 511 g/mol. The van der Waals surface area contributed by atoms with E-state index in [1.807, 2.05) is 12.1 Å². The molecule has 0 saturated heterocycles. The molecule has 8 heteroatoms. The SMILES string of the molecule is CCOC(=O)/C(C)=C/C=C/[C@H](OC(=O)[C@@H](OC)c1ccccc1)[C@H](C)OC(=O)[C@@H](OC)c1ccccc1. The first-order chi connectivity index (χ1) is 17.8. The summed E-state index contributed by atoms with van der Waals surface area (Å²) in [7, 11) is 2.81. The van der Waals surface area contributed by atoms with Gasteiger partial charge in [0.05, 0.1) is 6.61 Å². The maximum absolute atomic E-state index is 13.0. The van der Waals surface area contributed by atoms with Crippen molar-refractivity contribution in [2.24, 2.45) is 0 Å². The van der Waals surface area contributed by atoms with Crippen LogP contribution < -0.4 is 0 Å². The van der Waals surface area contributed by atoms with Crippen molar-refractivity contribution in [3.8, 4) is 0 Å². The van der Waals surface area contributed by atoms with Crippen LogP contribution in [0, 0.1) is 0 Å². The zero-order valence-corrected chi connectivity index (χ0v) is 21.8. The fourth-order valence-corrected chi connectivity index (χ4v) is 3.41. The van der Waals surface area contributed by atoms with E-state index in [4.69, 9.17) is 23.7 Å². The Morgan fingerprint density at radius 3 is 1.76 bits per heavy atom. The molecule has 198 valence electrons. The van der Waals surface area contributed by atoms with E-state index in [1.165, 1.54) is 26.4 Å². The van der Waals surface area contributed by atoms with Crippen molar-refractivity contribution in [2.75, 3.05) is 20.8 Å². The summed E-state index contributed by atoms with van der Waals surface area (Å²) < 4.78 is 27.1. The zero-order chi connectivity index (χ0) is 27.2. The summed E-state index contributed by atoms with van der Waals surface area (Å²) in [6.45, 7) is 5.17. The standard InChI is InChI=1S/C29H34O8/c1-6-35-27(30)20(2)14-13-19-24(37-29(32)26(34-5)23-17-11-8-12-18-23)21(3)36-28(31)25(33-4)22-15-9-7-10-16-22/h7-19,21,24-26H,6H2,1-5H3/b19-13+,20-14+/t21-,24-,25-,26-/m0/s1. The van der Waals surface area contributed by atoms with Crippen molar-refractivity contribution in [3.05, 3.63) is 95.6 Å². The van der Waals surface area contributed by atoms with Crippen molar-refractivity contribution in [1.82, 2.24) is 0 Å². The van der Waals surface area contributed by atoms with Gasteiger partial charge in [-0.1, -0.05) is 72.8 Å². The summed E-state index contributed by atoms with van der Waals surface area (Å²) in [6, 6.07) is 17.8. The van der Waals surface area contributed by atoms with Crippen LogP contribution in [-0.2, 0) is 38.1 Å². The predicted octanol–water partition coefficient (Wildman–Crippen LogP) is 4.67. The summed E-state index contributed by atoms with van der Waals surface area (Å²) in [4.78, 5) is 37.9. The Kier molecular flexibility index (Phi) is 12.3. The number of methoxy groups -OCH3 is 2. The molecule has 0 amide bonds. The molecular formula is C29H34O8. The van der Waals surface area contributed by atoms with Crippen LogP contribution in [0.3, 0.4) is 0 Å². The third-order valence-corrected chi connectivity index (χ3v) is 5.37. The van der Waals surface area contributed by atoms with Gasteiger partial charge in [-0.15, -0.1) is 0 Å². The maximum atomic E-state index is 13.0. The smallest absolute Gasteiger partial charge is 0.340 e. The van der Waals surface area contributed by atoms with Gasteiger partial charge >= 0.3 is 17.9 Å². The molecule has 0 fully saturated rings. The van der Waals surface area contributed by atoms with E-state index in [-0.39, 0.29) is 6.61 Å². The fraction of sp³-hybridized carbons (Fsp3) is 0.345. The number of benzene rings is 2. The molecule has 0 aliphatic heterocycles. The monoisotopic (exact) mass is 510 g/mol. The van der Waals surface area contributed by atoms with Gasteiger partial charge in [0.1, 0.15) is 6.10 Å². The van der Waals surface area contributed by atoms with Crippen molar-refractivity contribution < 1.29 is 38.1 Å². The molecule has 0 N–H and O–H groups in total. The van der Waals surface area contributed by atoms with Crippen LogP contribution >= 0.6 is 0 Å². The number of ether oxygens (including phenoxy) is 5. The molecule has 0 aliphatic carbocycles. The van der Waals surface area contributed by atoms with Gasteiger partial charge in [0.25, 0.3) is 0 Å². The molecule has 0 saturated carbocycles. The molecule has 0 bridgehead atoms. The highest BCUT2D eigenvalue weighted by molar-refractivity contribution is 5.88. The molecular weight excluding hydrogens is 476 g/mol. The summed E-state index contributed by atoms with van der Waals surface area (Å²) in [5, 5.41) is 0. The summed E-state index contributed by atoms with van der Waals surface area (Å²) in [6.07, 6.45) is 0.792. The Morgan fingerprint density at radius 1 is 0.811 bits per heavy atom. The van der Waals surface area contributed by atoms with E-state index in [2.05, 4.69) is 0 Å². The van der Waals surface area contributed by atoms with Gasteiger partial charge in [-0.3, -0.25) is 0 Å². The molecule has 0 aliphatic rings. The minimum Gasteiger partial charge on any atom is -0.463 e. The third kappa shape index (κ3) is 9.00. The van der Waals surface area contributed by atoms with Crippen LogP contribution in [0.5, 0.6) is 0 Å². The van der Waals surface area contributed by atoms with Gasteiger partial charge < -0.3 is 23.7 Å².